The van der Waals surface area contributed by atoms with E-state index in [9.17, 15) is 19.5 Å². The van der Waals surface area contributed by atoms with Crippen LogP contribution in [0.15, 0.2) is 30.9 Å². The summed E-state index contributed by atoms with van der Waals surface area (Å²) in [5.41, 5.74) is 1.49. The van der Waals surface area contributed by atoms with Gasteiger partial charge < -0.3 is 15.2 Å². The molecule has 3 aliphatic rings. The zero-order valence-corrected chi connectivity index (χ0v) is 14.7. The number of Topliss-reactive ketones (excluding diaryl/α,β-unsaturated/α-hetero) is 1. The lowest BCUT2D eigenvalue weighted by molar-refractivity contribution is -0.158. The Morgan fingerprint density at radius 1 is 1.35 bits per heavy atom. The van der Waals surface area contributed by atoms with E-state index in [-0.39, 0.29) is 36.4 Å². The molecule has 2 bridgehead atoms. The zero-order chi connectivity index (χ0) is 18.8. The predicted octanol–water partition coefficient (Wildman–Crippen LogP) is 2.03. The fourth-order valence-electron chi connectivity index (χ4n) is 4.20. The maximum Gasteiger partial charge on any atom is 0.311 e. The third-order valence-electron chi connectivity index (χ3n) is 5.22. The largest absolute Gasteiger partial charge is 0.508 e. The van der Waals surface area contributed by atoms with Gasteiger partial charge in [-0.15, -0.1) is 0 Å². The Hall–Kier alpha value is -2.63. The number of amides is 1. The van der Waals surface area contributed by atoms with Gasteiger partial charge in [-0.2, -0.15) is 0 Å². The summed E-state index contributed by atoms with van der Waals surface area (Å²) in [7, 11) is 0. The van der Waals surface area contributed by atoms with E-state index in [0.29, 0.717) is 12.1 Å². The second kappa shape index (κ2) is 7.32. The zero-order valence-electron chi connectivity index (χ0n) is 14.7. The average molecular weight is 357 g/mol. The van der Waals surface area contributed by atoms with Gasteiger partial charge in [0.05, 0.1) is 17.8 Å². The van der Waals surface area contributed by atoms with Crippen LogP contribution >= 0.6 is 0 Å². The van der Waals surface area contributed by atoms with Gasteiger partial charge in [0.2, 0.25) is 5.91 Å². The molecule has 0 saturated heterocycles. The van der Waals surface area contributed by atoms with E-state index in [2.05, 4.69) is 11.9 Å². The number of carbonyl (C=O) groups is 3. The molecule has 1 aromatic rings. The molecule has 26 heavy (non-hydrogen) atoms. The van der Waals surface area contributed by atoms with Crippen LogP contribution in [0.4, 0.5) is 0 Å². The molecular formula is C20H23NO5. The van der Waals surface area contributed by atoms with Crippen LogP contribution in [0, 0.1) is 11.8 Å². The van der Waals surface area contributed by atoms with Crippen LogP contribution in [-0.4, -0.2) is 35.9 Å². The summed E-state index contributed by atoms with van der Waals surface area (Å²) >= 11 is 0. The van der Waals surface area contributed by atoms with Gasteiger partial charge in [0.25, 0.3) is 0 Å². The van der Waals surface area contributed by atoms with Crippen molar-refractivity contribution in [3.63, 3.8) is 0 Å². The minimum Gasteiger partial charge on any atom is -0.508 e. The molecule has 6 nitrogen and oxygen atoms in total. The Labute approximate surface area is 152 Å². The number of esters is 1. The number of hydrogen-bond donors (Lipinski definition) is 2. The van der Waals surface area contributed by atoms with Gasteiger partial charge in [0.15, 0.2) is 0 Å². The molecule has 138 valence electrons. The molecule has 0 aromatic heterocycles. The highest BCUT2D eigenvalue weighted by molar-refractivity contribution is 6.00. The lowest BCUT2D eigenvalue weighted by Crippen LogP contribution is -2.53. The lowest BCUT2D eigenvalue weighted by Gasteiger charge is -2.46. The second-order valence-electron chi connectivity index (χ2n) is 6.83. The molecule has 4 rings (SSSR count). The van der Waals surface area contributed by atoms with Crippen molar-refractivity contribution in [2.75, 3.05) is 13.2 Å². The number of nitrogens with one attached hydrogen (secondary N) is 1. The molecule has 0 heterocycles. The van der Waals surface area contributed by atoms with Gasteiger partial charge >= 0.3 is 5.97 Å². The molecule has 2 N–H and O–H groups in total. The number of ether oxygens (including phenoxy) is 1. The smallest absolute Gasteiger partial charge is 0.311 e. The van der Waals surface area contributed by atoms with Crippen LogP contribution in [0.1, 0.15) is 42.7 Å². The molecule has 6 heteroatoms. The SMILES string of the molecule is C=CCOC(=O)C1C2C(=O)CC(c3ccc(O)cc32)C1C(=O)NCCC. The summed E-state index contributed by atoms with van der Waals surface area (Å²) in [5, 5.41) is 12.7. The predicted molar refractivity (Wildman–Crippen MR) is 94.6 cm³/mol. The van der Waals surface area contributed by atoms with Crippen LogP contribution in [0.5, 0.6) is 5.75 Å². The molecule has 1 saturated carbocycles. The van der Waals surface area contributed by atoms with E-state index >= 15 is 0 Å². The standard InChI is InChI=1S/C20H23NO5/c1-3-7-21-19(24)17-14-10-15(23)16(18(17)20(25)26-8-4-2)13-9-11(22)5-6-12(13)14/h4-6,9,14,16-18,22H,2-3,7-8,10H2,1H3,(H,21,24). The number of ketones is 1. The Bertz CT molecular complexity index is 757. The molecule has 1 aromatic carbocycles. The van der Waals surface area contributed by atoms with Crippen molar-refractivity contribution in [2.24, 2.45) is 11.8 Å². The molecule has 1 fully saturated rings. The van der Waals surface area contributed by atoms with Gasteiger partial charge in [-0.3, -0.25) is 14.4 Å². The second-order valence-corrected chi connectivity index (χ2v) is 6.83. The summed E-state index contributed by atoms with van der Waals surface area (Å²) in [6.45, 7) is 6.01. The molecule has 1 amide bonds. The topological polar surface area (TPSA) is 92.7 Å². The highest BCUT2D eigenvalue weighted by atomic mass is 16.5. The Balaban J connectivity index is 2.05. The van der Waals surface area contributed by atoms with Crippen LogP contribution in [0.3, 0.4) is 0 Å². The van der Waals surface area contributed by atoms with E-state index in [4.69, 9.17) is 4.74 Å². The maximum absolute atomic E-state index is 12.8. The normalized spacial score (nSPS) is 26.1. The number of benzene rings is 1. The monoisotopic (exact) mass is 357 g/mol. The van der Waals surface area contributed by atoms with Crippen LogP contribution in [0.2, 0.25) is 0 Å². The van der Waals surface area contributed by atoms with Gasteiger partial charge in [-0.25, -0.2) is 0 Å². The van der Waals surface area contributed by atoms with Crippen molar-refractivity contribution in [2.45, 2.75) is 31.6 Å². The summed E-state index contributed by atoms with van der Waals surface area (Å²) < 4.78 is 5.21. The third kappa shape index (κ3) is 3.00. The number of aromatic hydroxyl groups is 1. The first kappa shape index (κ1) is 18.2. The van der Waals surface area contributed by atoms with Crippen molar-refractivity contribution in [1.29, 1.82) is 0 Å². The highest BCUT2D eigenvalue weighted by Gasteiger charge is 2.57. The number of phenolic OH excluding ortho intramolecular Hbond substituents is 1. The van der Waals surface area contributed by atoms with Crippen LogP contribution in [-0.2, 0) is 19.1 Å². The highest BCUT2D eigenvalue weighted by Crippen LogP contribution is 2.55. The Morgan fingerprint density at radius 2 is 2.12 bits per heavy atom. The van der Waals surface area contributed by atoms with Crippen LogP contribution < -0.4 is 5.32 Å². The van der Waals surface area contributed by atoms with E-state index in [1.807, 2.05) is 6.92 Å². The van der Waals surface area contributed by atoms with Gasteiger partial charge in [-0.1, -0.05) is 25.6 Å². The Morgan fingerprint density at radius 3 is 2.81 bits per heavy atom. The van der Waals surface area contributed by atoms with E-state index < -0.39 is 23.7 Å². The lowest BCUT2D eigenvalue weighted by atomic mass is 9.55. The van der Waals surface area contributed by atoms with Crippen LogP contribution in [0.25, 0.3) is 0 Å². The van der Waals surface area contributed by atoms with Gasteiger partial charge in [-0.05, 0) is 29.7 Å². The molecule has 0 spiro atoms. The molecule has 4 unspecified atom stereocenters. The third-order valence-corrected chi connectivity index (χ3v) is 5.22. The number of rotatable bonds is 6. The molecule has 3 aliphatic carbocycles. The minimum atomic E-state index is -0.882. The number of fused-ring (bicyclic) bond motifs is 2. The molecular weight excluding hydrogens is 334 g/mol. The van der Waals surface area contributed by atoms with Crippen molar-refractivity contribution in [3.05, 3.63) is 42.0 Å². The van der Waals surface area contributed by atoms with Crippen molar-refractivity contribution in [1.82, 2.24) is 5.32 Å². The molecule has 4 atom stereocenters. The van der Waals surface area contributed by atoms with Gasteiger partial charge in [0, 0.05) is 18.9 Å². The van der Waals surface area contributed by atoms with E-state index in [1.54, 1.807) is 12.1 Å². The average Bonchev–Trinajstić information content (AvgIpc) is 2.63. The summed E-state index contributed by atoms with van der Waals surface area (Å²) in [6, 6.07) is 4.83. The number of hydrogen-bond acceptors (Lipinski definition) is 5. The number of carbonyl (C=O) groups excluding carboxylic acids is 3. The van der Waals surface area contributed by atoms with Gasteiger partial charge in [0.1, 0.15) is 18.1 Å². The van der Waals surface area contributed by atoms with Crippen molar-refractivity contribution >= 4 is 17.7 Å². The minimum absolute atomic E-state index is 0.0249. The molecule has 0 radical (unpaired) electrons. The van der Waals surface area contributed by atoms with Crippen molar-refractivity contribution < 1.29 is 24.2 Å². The fourth-order valence-corrected chi connectivity index (χ4v) is 4.20. The quantitative estimate of drug-likeness (QED) is 0.600. The maximum atomic E-state index is 12.8. The Kier molecular flexibility index (Phi) is 5.11. The fraction of sp³-hybridized carbons (Fsp3) is 0.450. The first-order valence-electron chi connectivity index (χ1n) is 8.90. The number of phenols is 1. The molecule has 0 aliphatic heterocycles. The van der Waals surface area contributed by atoms with E-state index in [1.165, 1.54) is 12.1 Å². The summed E-state index contributed by atoms with van der Waals surface area (Å²) in [4.78, 5) is 38.2. The van der Waals surface area contributed by atoms with E-state index in [0.717, 1.165) is 12.0 Å². The first-order valence-corrected chi connectivity index (χ1v) is 8.90. The summed E-state index contributed by atoms with van der Waals surface area (Å²) in [5.74, 6) is -3.54. The van der Waals surface area contributed by atoms with Crippen molar-refractivity contribution in [3.8, 4) is 5.75 Å². The first-order chi connectivity index (χ1) is 12.5. The summed E-state index contributed by atoms with van der Waals surface area (Å²) in [6.07, 6.45) is 2.45.